The number of aromatic amines is 2. The molecule has 1 aliphatic carbocycles. The van der Waals surface area contributed by atoms with Crippen molar-refractivity contribution in [3.8, 4) is 5.75 Å². The van der Waals surface area contributed by atoms with Crippen LogP contribution in [0.15, 0.2) is 51.1 Å². The van der Waals surface area contributed by atoms with Crippen LogP contribution >= 0.6 is 0 Å². The van der Waals surface area contributed by atoms with Crippen LogP contribution in [0.2, 0.25) is 0 Å². The van der Waals surface area contributed by atoms with Gasteiger partial charge in [0, 0.05) is 31.9 Å². The number of sulfonamides is 1. The summed E-state index contributed by atoms with van der Waals surface area (Å²) in [6.07, 6.45) is 3.57. The van der Waals surface area contributed by atoms with Crippen molar-refractivity contribution in [1.29, 1.82) is 0 Å². The van der Waals surface area contributed by atoms with Crippen molar-refractivity contribution >= 4 is 31.0 Å². The van der Waals surface area contributed by atoms with Crippen LogP contribution in [0, 0.1) is 0 Å². The zero-order chi connectivity index (χ0) is 28.8. The molecule has 2 atom stereocenters. The van der Waals surface area contributed by atoms with E-state index in [2.05, 4.69) is 20.3 Å². The number of aliphatic hydroxyl groups excluding tert-OH is 1. The number of imidazole rings is 1. The van der Waals surface area contributed by atoms with Gasteiger partial charge in [0.05, 0.1) is 27.9 Å². The van der Waals surface area contributed by atoms with E-state index in [0.717, 1.165) is 0 Å². The van der Waals surface area contributed by atoms with Crippen LogP contribution in [0.4, 0.5) is 0 Å². The van der Waals surface area contributed by atoms with E-state index in [9.17, 15) is 26.7 Å². The molecule has 0 radical (unpaired) electrons. The van der Waals surface area contributed by atoms with Crippen molar-refractivity contribution < 1.29 is 31.4 Å². The number of pyridine rings is 1. The van der Waals surface area contributed by atoms with E-state index in [0.29, 0.717) is 68.7 Å². The van der Waals surface area contributed by atoms with Crippen LogP contribution in [-0.2, 0) is 24.6 Å². The molecule has 2 aromatic heterocycles. The summed E-state index contributed by atoms with van der Waals surface area (Å²) in [4.78, 5) is 20.8. The number of H-pyrrole nitrogens is 2. The third-order valence-electron chi connectivity index (χ3n) is 8.01. The fourth-order valence-electron chi connectivity index (χ4n) is 5.52. The minimum atomic E-state index is -3.78. The van der Waals surface area contributed by atoms with Gasteiger partial charge in [-0.2, -0.15) is 4.31 Å². The first-order valence-electron chi connectivity index (χ1n) is 13.6. The molecule has 41 heavy (non-hydrogen) atoms. The summed E-state index contributed by atoms with van der Waals surface area (Å²) in [5.41, 5.74) is -0.253. The van der Waals surface area contributed by atoms with E-state index in [4.69, 9.17) is 9.47 Å². The van der Waals surface area contributed by atoms with Crippen molar-refractivity contribution in [2.75, 3.05) is 32.8 Å². The number of ether oxygens (including phenoxy) is 2. The average molecular weight is 608 g/mol. The first-order chi connectivity index (χ1) is 19.5. The molecule has 1 aromatic carbocycles. The van der Waals surface area contributed by atoms with Crippen molar-refractivity contribution in [2.24, 2.45) is 0 Å². The first-order valence-corrected chi connectivity index (χ1v) is 16.6. The molecule has 4 heterocycles. The van der Waals surface area contributed by atoms with Gasteiger partial charge in [-0.15, -0.1) is 0 Å². The van der Waals surface area contributed by atoms with Gasteiger partial charge in [0.25, 0.3) is 0 Å². The molecule has 2 aliphatic heterocycles. The largest absolute Gasteiger partial charge is 0.491 e. The summed E-state index contributed by atoms with van der Waals surface area (Å²) in [6.45, 7) is 1.30. The molecule has 0 amide bonds. The molecule has 1 saturated carbocycles. The normalized spacial score (nSPS) is 22.3. The Morgan fingerprint density at radius 3 is 2.68 bits per heavy atom. The predicted octanol–water partition coefficient (Wildman–Crippen LogP) is 0.529. The first kappa shape index (κ1) is 28.3. The number of rotatable bonds is 10. The van der Waals surface area contributed by atoms with E-state index in [1.807, 2.05) is 0 Å². The second-order valence-corrected chi connectivity index (χ2v) is 15.2. The molecule has 0 bridgehead atoms. The highest BCUT2D eigenvalue weighted by molar-refractivity contribution is 7.92. The van der Waals surface area contributed by atoms with Gasteiger partial charge in [0.15, 0.2) is 15.5 Å². The summed E-state index contributed by atoms with van der Waals surface area (Å²) in [5, 5.41) is 13.5. The Labute approximate surface area is 237 Å². The van der Waals surface area contributed by atoms with Crippen LogP contribution in [0.3, 0.4) is 0 Å². The maximum Gasteiger partial charge on any atom is 0.325 e. The van der Waals surface area contributed by atoms with Gasteiger partial charge in [-0.3, -0.25) is 4.98 Å². The fourth-order valence-corrected chi connectivity index (χ4v) is 8.62. The number of aromatic nitrogens is 3. The van der Waals surface area contributed by atoms with Gasteiger partial charge in [0.1, 0.15) is 23.4 Å². The lowest BCUT2D eigenvalue weighted by Gasteiger charge is -2.38. The Morgan fingerprint density at radius 1 is 1.15 bits per heavy atom. The van der Waals surface area contributed by atoms with E-state index in [-0.39, 0.29) is 34.2 Å². The molecule has 15 heteroatoms. The topological polar surface area (TPSA) is 184 Å². The zero-order valence-corrected chi connectivity index (χ0v) is 23.9. The van der Waals surface area contributed by atoms with Gasteiger partial charge in [0.2, 0.25) is 10.0 Å². The monoisotopic (exact) mass is 607 g/mol. The average Bonchev–Trinajstić information content (AvgIpc) is 3.66. The molecule has 222 valence electrons. The Balaban J connectivity index is 0.971. The number of sulfone groups is 1. The Kier molecular flexibility index (Phi) is 7.45. The number of aliphatic hydroxyl groups is 1. The number of nitrogens with one attached hydrogen (secondary N) is 3. The number of piperidine rings is 1. The lowest BCUT2D eigenvalue weighted by Crippen LogP contribution is -2.47. The maximum atomic E-state index is 13.2. The quantitative estimate of drug-likeness (QED) is 0.254. The SMILES string of the molecule is O=c1[nH]c2cc(S(=O)(=O)N3CCC4(CC3)CC(NCC(O)COc3cccc(S(=O)(=O)C5CC5)c3)CO4)cnc2[nH]1. The van der Waals surface area contributed by atoms with Crippen LogP contribution in [-0.4, -0.2) is 97.0 Å². The number of hydrogen-bond acceptors (Lipinski definition) is 10. The molecule has 2 unspecified atom stereocenters. The maximum absolute atomic E-state index is 13.2. The van der Waals surface area contributed by atoms with Crippen LogP contribution < -0.4 is 15.7 Å². The summed E-state index contributed by atoms with van der Waals surface area (Å²) < 4.78 is 64.6. The van der Waals surface area contributed by atoms with Gasteiger partial charge in [-0.25, -0.2) is 26.6 Å². The van der Waals surface area contributed by atoms with Crippen molar-refractivity contribution in [3.05, 3.63) is 47.0 Å². The van der Waals surface area contributed by atoms with Gasteiger partial charge >= 0.3 is 5.69 Å². The Morgan fingerprint density at radius 2 is 1.93 bits per heavy atom. The molecular weight excluding hydrogens is 574 g/mol. The molecule has 3 fully saturated rings. The minimum absolute atomic E-state index is 0.00274. The van der Waals surface area contributed by atoms with E-state index >= 15 is 0 Å². The number of fused-ring (bicyclic) bond motifs is 1. The van der Waals surface area contributed by atoms with Crippen LogP contribution in [0.5, 0.6) is 5.75 Å². The van der Waals surface area contributed by atoms with Crippen LogP contribution in [0.25, 0.3) is 11.2 Å². The van der Waals surface area contributed by atoms with Crippen molar-refractivity contribution in [1.82, 2.24) is 24.6 Å². The molecule has 1 spiro atoms. The lowest BCUT2D eigenvalue weighted by atomic mass is 9.88. The Hall–Kier alpha value is -2.82. The highest BCUT2D eigenvalue weighted by Crippen LogP contribution is 2.37. The number of nitrogens with zero attached hydrogens (tertiary/aromatic N) is 2. The third-order valence-corrected chi connectivity index (χ3v) is 12.1. The highest BCUT2D eigenvalue weighted by Gasteiger charge is 2.45. The third kappa shape index (κ3) is 5.92. The van der Waals surface area contributed by atoms with E-state index < -0.39 is 37.3 Å². The zero-order valence-electron chi connectivity index (χ0n) is 22.3. The predicted molar refractivity (Wildman–Crippen MR) is 148 cm³/mol. The molecule has 13 nitrogen and oxygen atoms in total. The summed E-state index contributed by atoms with van der Waals surface area (Å²) in [7, 11) is -7.10. The smallest absolute Gasteiger partial charge is 0.325 e. The second-order valence-electron chi connectivity index (χ2n) is 11.0. The minimum Gasteiger partial charge on any atom is -0.491 e. The fraction of sp³-hybridized carbons (Fsp3) is 0.538. The molecule has 4 N–H and O–H groups in total. The molecular formula is C26H33N5O8S2. The van der Waals surface area contributed by atoms with Gasteiger partial charge in [-0.1, -0.05) is 6.07 Å². The molecule has 3 aliphatic rings. The summed E-state index contributed by atoms with van der Waals surface area (Å²) >= 11 is 0. The van der Waals surface area contributed by atoms with Crippen molar-refractivity contribution in [2.45, 2.75) is 64.9 Å². The van der Waals surface area contributed by atoms with Gasteiger partial charge < -0.3 is 24.9 Å². The highest BCUT2D eigenvalue weighted by atomic mass is 32.2. The second kappa shape index (κ2) is 10.8. The van der Waals surface area contributed by atoms with E-state index in [1.54, 1.807) is 18.2 Å². The standard InChI is InChI=1S/C26H33N5O8S2/c32-18(16-38-19-2-1-3-21(10-19)40(34,35)20-4-5-20)13-27-17-12-26(39-15-17)6-8-31(9-7-26)41(36,37)22-11-23-24(28-14-22)30-25(33)29-23/h1-3,10-11,14,17-18,20,27,32H,4-9,12-13,15-16H2,(H2,28,29,30,33). The number of benzene rings is 1. The molecule has 6 rings (SSSR count). The van der Waals surface area contributed by atoms with Gasteiger partial charge in [-0.05, 0) is 56.4 Å². The Bertz CT molecular complexity index is 1690. The number of hydrogen-bond donors (Lipinski definition) is 4. The van der Waals surface area contributed by atoms with Crippen LogP contribution in [0.1, 0.15) is 32.1 Å². The lowest BCUT2D eigenvalue weighted by molar-refractivity contribution is -0.0312. The van der Waals surface area contributed by atoms with Crippen molar-refractivity contribution in [3.63, 3.8) is 0 Å². The molecule has 3 aromatic rings. The summed E-state index contributed by atoms with van der Waals surface area (Å²) in [6, 6.07) is 7.79. The molecule has 2 saturated heterocycles. The van der Waals surface area contributed by atoms with E-state index in [1.165, 1.54) is 22.6 Å². The summed E-state index contributed by atoms with van der Waals surface area (Å²) in [5.74, 6) is 0.396.